The lowest BCUT2D eigenvalue weighted by atomic mass is 10.1. The molecule has 0 aliphatic rings. The molecular weight excluding hydrogens is 322 g/mol. The Labute approximate surface area is 129 Å². The third kappa shape index (κ3) is 3.66. The molecule has 0 radical (unpaired) electrons. The Hall–Kier alpha value is -1.23. The molecule has 104 valence electrons. The van der Waals surface area contributed by atoms with Crippen LogP contribution in [0.3, 0.4) is 0 Å². The van der Waals surface area contributed by atoms with Gasteiger partial charge in [0.2, 0.25) is 0 Å². The highest BCUT2D eigenvalue weighted by molar-refractivity contribution is 7.98. The first-order chi connectivity index (χ1) is 9.47. The molecule has 2 rings (SSSR count). The van der Waals surface area contributed by atoms with Gasteiger partial charge in [-0.05, 0) is 42.0 Å². The van der Waals surface area contributed by atoms with Crippen molar-refractivity contribution in [3.05, 3.63) is 63.4 Å². The van der Waals surface area contributed by atoms with Gasteiger partial charge in [0.25, 0.3) is 0 Å². The fraction of sp³-hybridized carbons (Fsp3) is 0.0714. The molecule has 6 heteroatoms. The molecule has 1 N–H and O–H groups in total. The number of hydrogen-bond donors (Lipinski definition) is 1. The SMILES string of the molecule is O=C(O)c1ccc(F)cc1CSc1cc(Cl)ccc1Cl. The highest BCUT2D eigenvalue weighted by Gasteiger charge is 2.12. The van der Waals surface area contributed by atoms with Crippen LogP contribution in [-0.2, 0) is 5.75 Å². The van der Waals surface area contributed by atoms with E-state index in [1.54, 1.807) is 18.2 Å². The summed E-state index contributed by atoms with van der Waals surface area (Å²) in [4.78, 5) is 11.8. The second-order valence-corrected chi connectivity index (χ2v) is 5.83. The van der Waals surface area contributed by atoms with Crippen LogP contribution in [0.5, 0.6) is 0 Å². The van der Waals surface area contributed by atoms with E-state index in [4.69, 9.17) is 28.3 Å². The Morgan fingerprint density at radius 3 is 2.65 bits per heavy atom. The molecule has 0 bridgehead atoms. The predicted octanol–water partition coefficient (Wildman–Crippen LogP) is 5.12. The maximum Gasteiger partial charge on any atom is 0.335 e. The summed E-state index contributed by atoms with van der Waals surface area (Å²) in [7, 11) is 0. The van der Waals surface area contributed by atoms with Gasteiger partial charge in [-0.15, -0.1) is 11.8 Å². The summed E-state index contributed by atoms with van der Waals surface area (Å²) < 4.78 is 13.2. The lowest BCUT2D eigenvalue weighted by molar-refractivity contribution is 0.0696. The molecule has 0 atom stereocenters. The van der Waals surface area contributed by atoms with Gasteiger partial charge in [-0.3, -0.25) is 0 Å². The summed E-state index contributed by atoms with van der Waals surface area (Å²) in [5, 5.41) is 10.1. The minimum absolute atomic E-state index is 0.0806. The van der Waals surface area contributed by atoms with E-state index in [-0.39, 0.29) is 5.56 Å². The van der Waals surface area contributed by atoms with E-state index in [1.165, 1.54) is 23.9 Å². The van der Waals surface area contributed by atoms with Crippen molar-refractivity contribution < 1.29 is 14.3 Å². The zero-order valence-corrected chi connectivity index (χ0v) is 12.4. The van der Waals surface area contributed by atoms with E-state index < -0.39 is 11.8 Å². The van der Waals surface area contributed by atoms with Crippen LogP contribution in [0.15, 0.2) is 41.3 Å². The van der Waals surface area contributed by atoms with Gasteiger partial charge < -0.3 is 5.11 Å². The molecule has 0 spiro atoms. The van der Waals surface area contributed by atoms with E-state index in [0.29, 0.717) is 21.4 Å². The van der Waals surface area contributed by atoms with Gasteiger partial charge in [-0.25, -0.2) is 9.18 Å². The van der Waals surface area contributed by atoms with E-state index >= 15 is 0 Å². The van der Waals surface area contributed by atoms with E-state index in [0.717, 1.165) is 11.0 Å². The maximum atomic E-state index is 13.2. The molecule has 2 aromatic carbocycles. The zero-order valence-electron chi connectivity index (χ0n) is 10.1. The summed E-state index contributed by atoms with van der Waals surface area (Å²) in [6.45, 7) is 0. The number of rotatable bonds is 4. The van der Waals surface area contributed by atoms with Gasteiger partial charge in [-0.2, -0.15) is 0 Å². The Morgan fingerprint density at radius 2 is 1.95 bits per heavy atom. The number of thioether (sulfide) groups is 1. The molecule has 0 aliphatic heterocycles. The number of carboxylic acid groups (broad SMARTS) is 1. The Kier molecular flexibility index (Phi) is 4.91. The molecule has 2 aromatic rings. The number of hydrogen-bond acceptors (Lipinski definition) is 2. The highest BCUT2D eigenvalue weighted by Crippen LogP contribution is 2.32. The second-order valence-electron chi connectivity index (χ2n) is 3.97. The van der Waals surface area contributed by atoms with Crippen molar-refractivity contribution in [2.75, 3.05) is 0 Å². The van der Waals surface area contributed by atoms with Crippen LogP contribution in [0.1, 0.15) is 15.9 Å². The number of carboxylic acids is 1. The van der Waals surface area contributed by atoms with Crippen LogP contribution >= 0.6 is 35.0 Å². The van der Waals surface area contributed by atoms with Crippen molar-refractivity contribution in [2.24, 2.45) is 0 Å². The van der Waals surface area contributed by atoms with E-state index in [2.05, 4.69) is 0 Å². The van der Waals surface area contributed by atoms with Crippen molar-refractivity contribution in [2.45, 2.75) is 10.6 Å². The first-order valence-corrected chi connectivity index (χ1v) is 7.31. The van der Waals surface area contributed by atoms with Crippen molar-refractivity contribution in [3.8, 4) is 0 Å². The monoisotopic (exact) mass is 330 g/mol. The van der Waals surface area contributed by atoms with Gasteiger partial charge in [-0.1, -0.05) is 23.2 Å². The lowest BCUT2D eigenvalue weighted by Crippen LogP contribution is -2.02. The van der Waals surface area contributed by atoms with Crippen molar-refractivity contribution in [3.63, 3.8) is 0 Å². The first kappa shape index (κ1) is 15.2. The van der Waals surface area contributed by atoms with Crippen LogP contribution in [0.4, 0.5) is 4.39 Å². The molecule has 0 heterocycles. The fourth-order valence-electron chi connectivity index (χ4n) is 1.63. The van der Waals surface area contributed by atoms with Gasteiger partial charge in [0.05, 0.1) is 10.6 Å². The third-order valence-electron chi connectivity index (χ3n) is 2.57. The van der Waals surface area contributed by atoms with Crippen molar-refractivity contribution in [1.82, 2.24) is 0 Å². The molecule has 20 heavy (non-hydrogen) atoms. The Balaban J connectivity index is 2.24. The topological polar surface area (TPSA) is 37.3 Å². The number of benzene rings is 2. The molecule has 0 aliphatic carbocycles. The number of aromatic carboxylic acids is 1. The Morgan fingerprint density at radius 1 is 1.20 bits per heavy atom. The zero-order chi connectivity index (χ0) is 14.7. The number of halogens is 3. The molecule has 0 fully saturated rings. The van der Waals surface area contributed by atoms with Crippen LogP contribution < -0.4 is 0 Å². The maximum absolute atomic E-state index is 13.2. The Bertz CT molecular complexity index is 662. The summed E-state index contributed by atoms with van der Waals surface area (Å²) >= 11 is 13.2. The molecule has 2 nitrogen and oxygen atoms in total. The molecule has 0 saturated heterocycles. The minimum Gasteiger partial charge on any atom is -0.478 e. The van der Waals surface area contributed by atoms with Gasteiger partial charge >= 0.3 is 5.97 Å². The molecule has 0 saturated carbocycles. The quantitative estimate of drug-likeness (QED) is 0.790. The summed E-state index contributed by atoms with van der Waals surface area (Å²) in [5.41, 5.74) is 0.482. The number of carbonyl (C=O) groups is 1. The normalized spacial score (nSPS) is 10.6. The van der Waals surface area contributed by atoms with Crippen LogP contribution in [0.25, 0.3) is 0 Å². The van der Waals surface area contributed by atoms with E-state index in [1.807, 2.05) is 0 Å². The van der Waals surface area contributed by atoms with Gasteiger partial charge in [0, 0.05) is 15.7 Å². The lowest BCUT2D eigenvalue weighted by Gasteiger charge is -2.08. The minimum atomic E-state index is -1.09. The largest absolute Gasteiger partial charge is 0.478 e. The molecule has 0 unspecified atom stereocenters. The van der Waals surface area contributed by atoms with Crippen molar-refractivity contribution >= 4 is 40.9 Å². The average molecular weight is 331 g/mol. The van der Waals surface area contributed by atoms with Crippen molar-refractivity contribution in [1.29, 1.82) is 0 Å². The standard InChI is InChI=1S/C14H9Cl2FO2S/c15-9-1-4-12(16)13(6-9)20-7-8-5-10(17)2-3-11(8)14(18)19/h1-6H,7H2,(H,18,19). The van der Waals surface area contributed by atoms with Crippen LogP contribution in [0.2, 0.25) is 10.0 Å². The van der Waals surface area contributed by atoms with E-state index in [9.17, 15) is 9.18 Å². The first-order valence-electron chi connectivity index (χ1n) is 5.57. The fourth-order valence-corrected chi connectivity index (χ4v) is 3.12. The second kappa shape index (κ2) is 6.48. The van der Waals surface area contributed by atoms with Gasteiger partial charge in [0.1, 0.15) is 5.82 Å². The summed E-state index contributed by atoms with van der Waals surface area (Å²) in [6, 6.07) is 8.62. The summed E-state index contributed by atoms with van der Waals surface area (Å²) in [5.74, 6) is -1.26. The summed E-state index contributed by atoms with van der Waals surface area (Å²) in [6.07, 6.45) is 0. The highest BCUT2D eigenvalue weighted by atomic mass is 35.5. The molecule has 0 amide bonds. The van der Waals surface area contributed by atoms with Crippen LogP contribution in [0, 0.1) is 5.82 Å². The van der Waals surface area contributed by atoms with Gasteiger partial charge in [0.15, 0.2) is 0 Å². The third-order valence-corrected chi connectivity index (χ3v) is 4.35. The molecular formula is C14H9Cl2FO2S. The molecule has 0 aromatic heterocycles. The average Bonchev–Trinajstić information content (AvgIpc) is 2.39. The smallest absolute Gasteiger partial charge is 0.335 e. The van der Waals surface area contributed by atoms with Crippen LogP contribution in [-0.4, -0.2) is 11.1 Å². The predicted molar refractivity (Wildman–Crippen MR) is 79.4 cm³/mol.